The van der Waals surface area contributed by atoms with Gasteiger partial charge in [0.25, 0.3) is 10.0 Å². The molecule has 210 valence electrons. The third kappa shape index (κ3) is 7.13. The standard InChI is InChI=1S/C17H17NO4S2.C15H17F/c1-22-12-15-14-10-6-7-11-16(14)18(17(15)23(2)19)24(20,21)13-8-4-3-5-9-13;1-4-13-7-10-15(11-8-13)14(5-2)9-6-12(3)16/h3-11H,12H2,1-2H3;5-11H,3-4H2,1-2H3/b;9-6-,14-5+. The number of ether oxygens (including phenoxy) is 1. The van der Waals surface area contributed by atoms with E-state index >= 15 is 0 Å². The smallest absolute Gasteiger partial charge is 0.269 e. The Morgan fingerprint density at radius 2 is 1.62 bits per heavy atom. The van der Waals surface area contributed by atoms with Crippen LogP contribution in [0.25, 0.3) is 16.5 Å². The SMILES string of the molecule is C=C(F)/C=C\C(=C/C)c1ccc(CC)cc1.COCc1c(S(C)=O)n(S(=O)(=O)c2ccccc2)c2ccccc12. The molecule has 0 amide bonds. The number of rotatable bonds is 9. The average Bonchev–Trinajstić information content (AvgIpc) is 3.30. The Kier molecular flexibility index (Phi) is 11.0. The van der Waals surface area contributed by atoms with E-state index in [4.69, 9.17) is 4.74 Å². The second kappa shape index (κ2) is 14.2. The summed E-state index contributed by atoms with van der Waals surface area (Å²) in [6.45, 7) is 7.45. The molecular weight excluding hydrogens is 545 g/mol. The van der Waals surface area contributed by atoms with Crippen molar-refractivity contribution in [1.82, 2.24) is 3.97 Å². The molecule has 3 aromatic carbocycles. The number of hydrogen-bond acceptors (Lipinski definition) is 4. The summed E-state index contributed by atoms with van der Waals surface area (Å²) in [6, 6.07) is 23.6. The van der Waals surface area contributed by atoms with Gasteiger partial charge < -0.3 is 4.74 Å². The Hall–Kier alpha value is -3.59. The van der Waals surface area contributed by atoms with Gasteiger partial charge in [-0.15, -0.1) is 0 Å². The summed E-state index contributed by atoms with van der Waals surface area (Å²) in [4.78, 5) is 0.154. The van der Waals surface area contributed by atoms with Crippen LogP contribution in [0.4, 0.5) is 4.39 Å². The van der Waals surface area contributed by atoms with Gasteiger partial charge in [0.15, 0.2) is 0 Å². The normalized spacial score (nSPS) is 12.8. The van der Waals surface area contributed by atoms with E-state index in [1.165, 1.54) is 41.1 Å². The third-order valence-corrected chi connectivity index (χ3v) is 9.00. The number of methoxy groups -OCH3 is 1. The van der Waals surface area contributed by atoms with Crippen molar-refractivity contribution >= 4 is 37.3 Å². The summed E-state index contributed by atoms with van der Waals surface area (Å²) in [5.41, 5.74) is 4.53. The van der Waals surface area contributed by atoms with Crippen LogP contribution in [-0.2, 0) is 38.6 Å². The van der Waals surface area contributed by atoms with Crippen LogP contribution in [0.15, 0.2) is 119 Å². The Labute approximate surface area is 238 Å². The molecule has 4 aromatic rings. The number of benzene rings is 3. The fraction of sp³-hybridized carbons (Fsp3) is 0.188. The van der Waals surface area contributed by atoms with Crippen molar-refractivity contribution < 1.29 is 21.8 Å². The minimum Gasteiger partial charge on any atom is -0.380 e. The maximum Gasteiger partial charge on any atom is 0.269 e. The summed E-state index contributed by atoms with van der Waals surface area (Å²) < 4.78 is 57.7. The highest BCUT2D eigenvalue weighted by atomic mass is 32.2. The maximum absolute atomic E-state index is 13.2. The molecule has 0 aliphatic rings. The highest BCUT2D eigenvalue weighted by Crippen LogP contribution is 2.32. The second-order valence-electron chi connectivity index (χ2n) is 8.85. The summed E-state index contributed by atoms with van der Waals surface area (Å²) in [7, 11) is -3.85. The number of aryl methyl sites for hydroxylation is 1. The fourth-order valence-electron chi connectivity index (χ4n) is 4.24. The fourth-order valence-corrected chi connectivity index (χ4v) is 7.15. The summed E-state index contributed by atoms with van der Waals surface area (Å²) >= 11 is 0. The molecule has 1 heterocycles. The maximum atomic E-state index is 13.2. The van der Waals surface area contributed by atoms with Gasteiger partial charge in [-0.25, -0.2) is 16.8 Å². The lowest BCUT2D eigenvalue weighted by Crippen LogP contribution is -2.16. The lowest BCUT2D eigenvalue weighted by Gasteiger charge is -2.11. The largest absolute Gasteiger partial charge is 0.380 e. The quantitative estimate of drug-likeness (QED) is 0.193. The van der Waals surface area contributed by atoms with E-state index < -0.39 is 26.6 Å². The van der Waals surface area contributed by atoms with Gasteiger partial charge in [-0.3, -0.25) is 4.21 Å². The molecule has 0 fully saturated rings. The van der Waals surface area contributed by atoms with Gasteiger partial charge in [-0.1, -0.05) is 86.3 Å². The highest BCUT2D eigenvalue weighted by Gasteiger charge is 2.28. The molecule has 8 heteroatoms. The van der Waals surface area contributed by atoms with Gasteiger partial charge in [-0.05, 0) is 54.3 Å². The van der Waals surface area contributed by atoms with Crippen LogP contribution in [-0.4, -0.2) is 30.0 Å². The van der Waals surface area contributed by atoms with Crippen LogP contribution >= 0.6 is 0 Å². The van der Waals surface area contributed by atoms with Crippen LogP contribution in [0.1, 0.15) is 30.5 Å². The number of halogens is 1. The molecule has 0 saturated heterocycles. The summed E-state index contributed by atoms with van der Waals surface area (Å²) in [5, 5.41) is 0.978. The van der Waals surface area contributed by atoms with Gasteiger partial charge in [0.05, 0.1) is 27.8 Å². The first-order valence-electron chi connectivity index (χ1n) is 12.7. The van der Waals surface area contributed by atoms with Crippen LogP contribution in [0.2, 0.25) is 0 Å². The predicted octanol–water partition coefficient (Wildman–Crippen LogP) is 7.45. The van der Waals surface area contributed by atoms with Gasteiger partial charge in [0.2, 0.25) is 0 Å². The highest BCUT2D eigenvalue weighted by molar-refractivity contribution is 7.91. The minimum atomic E-state index is -3.87. The lowest BCUT2D eigenvalue weighted by atomic mass is 10.0. The molecule has 0 spiro atoms. The van der Waals surface area contributed by atoms with Crippen molar-refractivity contribution in [3.8, 4) is 0 Å². The molecule has 40 heavy (non-hydrogen) atoms. The summed E-state index contributed by atoms with van der Waals surface area (Å²) in [6.07, 6.45) is 7.58. The Morgan fingerprint density at radius 3 is 2.17 bits per heavy atom. The van der Waals surface area contributed by atoms with Crippen LogP contribution in [0.5, 0.6) is 0 Å². The van der Waals surface area contributed by atoms with Crippen LogP contribution < -0.4 is 0 Å². The van der Waals surface area contributed by atoms with Crippen molar-refractivity contribution in [2.45, 2.75) is 36.8 Å². The topological polar surface area (TPSA) is 65.4 Å². The third-order valence-electron chi connectivity index (χ3n) is 6.18. The molecule has 4 rings (SSSR count). The minimum absolute atomic E-state index is 0.154. The first-order valence-corrected chi connectivity index (χ1v) is 15.7. The first-order chi connectivity index (χ1) is 19.1. The molecule has 0 aliphatic heterocycles. The first kappa shape index (κ1) is 30.9. The van der Waals surface area contributed by atoms with E-state index in [2.05, 4.69) is 37.8 Å². The van der Waals surface area contributed by atoms with E-state index in [1.54, 1.807) is 36.4 Å². The van der Waals surface area contributed by atoms with Gasteiger partial charge in [0, 0.05) is 24.3 Å². The van der Waals surface area contributed by atoms with Gasteiger partial charge in [0.1, 0.15) is 10.9 Å². The molecule has 5 nitrogen and oxygen atoms in total. The molecule has 0 saturated carbocycles. The molecule has 0 N–H and O–H groups in total. The molecule has 1 unspecified atom stereocenters. The zero-order valence-corrected chi connectivity index (χ0v) is 24.8. The van der Waals surface area contributed by atoms with Crippen molar-refractivity contribution in [3.05, 3.63) is 126 Å². The van der Waals surface area contributed by atoms with Crippen LogP contribution in [0, 0.1) is 0 Å². The van der Waals surface area contributed by atoms with Gasteiger partial charge in [-0.2, -0.15) is 0 Å². The van der Waals surface area contributed by atoms with Crippen molar-refractivity contribution in [2.75, 3.05) is 13.4 Å². The van der Waals surface area contributed by atoms with Crippen molar-refractivity contribution in [3.63, 3.8) is 0 Å². The van der Waals surface area contributed by atoms with E-state index in [1.807, 2.05) is 25.1 Å². The van der Waals surface area contributed by atoms with Crippen molar-refractivity contribution in [2.24, 2.45) is 0 Å². The number of fused-ring (bicyclic) bond motifs is 1. The molecule has 1 aromatic heterocycles. The molecular formula is C32H34FNO4S2. The van der Waals surface area contributed by atoms with Gasteiger partial charge >= 0.3 is 0 Å². The zero-order valence-electron chi connectivity index (χ0n) is 23.1. The average molecular weight is 580 g/mol. The Balaban J connectivity index is 0.000000241. The van der Waals surface area contributed by atoms with E-state index in [-0.39, 0.29) is 16.5 Å². The number of aromatic nitrogens is 1. The zero-order chi connectivity index (χ0) is 29.3. The van der Waals surface area contributed by atoms with Crippen molar-refractivity contribution in [1.29, 1.82) is 0 Å². The van der Waals surface area contributed by atoms with E-state index in [9.17, 15) is 17.0 Å². The molecule has 0 radical (unpaired) electrons. The van der Waals surface area contributed by atoms with E-state index in [0.29, 0.717) is 11.1 Å². The lowest BCUT2D eigenvalue weighted by molar-refractivity contribution is 0.183. The number of hydrogen-bond donors (Lipinski definition) is 0. The predicted molar refractivity (Wildman–Crippen MR) is 163 cm³/mol. The molecule has 0 bridgehead atoms. The second-order valence-corrected chi connectivity index (χ2v) is 11.9. The van der Waals surface area contributed by atoms with Crippen LogP contribution in [0.3, 0.4) is 0 Å². The summed E-state index contributed by atoms with van der Waals surface area (Å²) in [5.74, 6) is -0.426. The number of allylic oxidation sites excluding steroid dienone is 5. The monoisotopic (exact) mass is 579 g/mol. The number of nitrogens with zero attached hydrogens (tertiary/aromatic N) is 1. The Bertz CT molecular complexity index is 1650. The molecule has 0 aliphatic carbocycles. The van der Waals surface area contributed by atoms with E-state index in [0.717, 1.165) is 22.9 Å². The Morgan fingerprint density at radius 1 is 1.00 bits per heavy atom. The molecule has 1 atom stereocenters. The number of para-hydroxylation sites is 1.